The normalized spacial score (nSPS) is 14.4. The zero-order chi connectivity index (χ0) is 12.0. The Bertz CT molecular complexity index is 313. The third-order valence-corrected chi connectivity index (χ3v) is 2.37. The highest BCUT2D eigenvalue weighted by molar-refractivity contribution is 5.81. The molecule has 0 aliphatic rings. The maximum atomic E-state index is 11.6. The van der Waals surface area contributed by atoms with Crippen molar-refractivity contribution in [3.8, 4) is 0 Å². The van der Waals surface area contributed by atoms with Crippen LogP contribution in [0.15, 0.2) is 10.9 Å². The van der Waals surface area contributed by atoms with E-state index in [-0.39, 0.29) is 18.0 Å². The molecule has 1 aromatic heterocycles. The second kappa shape index (κ2) is 6.22. The number of hydrogen-bond donors (Lipinski definition) is 2. The highest BCUT2D eigenvalue weighted by Gasteiger charge is 2.14. The summed E-state index contributed by atoms with van der Waals surface area (Å²) >= 11 is 0. The van der Waals surface area contributed by atoms with E-state index in [0.717, 1.165) is 6.42 Å². The van der Waals surface area contributed by atoms with E-state index in [2.05, 4.69) is 25.3 Å². The summed E-state index contributed by atoms with van der Waals surface area (Å²) in [6.45, 7) is 6.23. The van der Waals surface area contributed by atoms with Gasteiger partial charge in [0, 0.05) is 6.04 Å². The number of hydrogen-bond acceptors (Lipinski definition) is 5. The molecule has 0 aliphatic heterocycles. The predicted molar refractivity (Wildman–Crippen MR) is 58.5 cm³/mol. The van der Waals surface area contributed by atoms with Crippen molar-refractivity contribution < 1.29 is 9.32 Å². The first-order chi connectivity index (χ1) is 7.63. The van der Waals surface area contributed by atoms with Crippen LogP contribution in [0.25, 0.3) is 0 Å². The number of amides is 1. The molecule has 0 saturated carbocycles. The molecule has 90 valence electrons. The van der Waals surface area contributed by atoms with Gasteiger partial charge in [-0.2, -0.15) is 4.98 Å². The minimum Gasteiger partial charge on any atom is -0.352 e. The summed E-state index contributed by atoms with van der Waals surface area (Å²) < 4.78 is 4.59. The second-order valence-electron chi connectivity index (χ2n) is 3.77. The first-order valence-electron chi connectivity index (χ1n) is 5.42. The van der Waals surface area contributed by atoms with Crippen molar-refractivity contribution in [2.45, 2.75) is 45.8 Å². The molecule has 2 N–H and O–H groups in total. The Balaban J connectivity index is 2.29. The van der Waals surface area contributed by atoms with Gasteiger partial charge in [0.15, 0.2) is 5.82 Å². The van der Waals surface area contributed by atoms with Gasteiger partial charge in [-0.25, -0.2) is 0 Å². The predicted octanol–water partition coefficient (Wildman–Crippen LogP) is 0.462. The summed E-state index contributed by atoms with van der Waals surface area (Å²) in [7, 11) is 0. The molecule has 0 aliphatic carbocycles. The zero-order valence-electron chi connectivity index (χ0n) is 9.86. The number of aromatic nitrogens is 2. The first-order valence-corrected chi connectivity index (χ1v) is 5.42. The van der Waals surface area contributed by atoms with E-state index in [9.17, 15) is 4.79 Å². The molecule has 6 heteroatoms. The lowest BCUT2D eigenvalue weighted by Gasteiger charge is -2.16. The van der Waals surface area contributed by atoms with E-state index >= 15 is 0 Å². The number of carbonyl (C=O) groups is 1. The van der Waals surface area contributed by atoms with Crippen LogP contribution in [0.4, 0.5) is 0 Å². The molecule has 0 bridgehead atoms. The monoisotopic (exact) mass is 226 g/mol. The van der Waals surface area contributed by atoms with Gasteiger partial charge in [0.1, 0.15) is 0 Å². The van der Waals surface area contributed by atoms with E-state index in [1.165, 1.54) is 6.39 Å². The van der Waals surface area contributed by atoms with Gasteiger partial charge in [0.05, 0.1) is 12.6 Å². The molecule has 1 aromatic rings. The average molecular weight is 226 g/mol. The van der Waals surface area contributed by atoms with Crippen LogP contribution >= 0.6 is 0 Å². The van der Waals surface area contributed by atoms with E-state index in [1.54, 1.807) is 6.92 Å². The number of carbonyl (C=O) groups excluding carboxylic acids is 1. The minimum atomic E-state index is -0.271. The minimum absolute atomic E-state index is 0.0159. The summed E-state index contributed by atoms with van der Waals surface area (Å²) in [5.41, 5.74) is 0. The summed E-state index contributed by atoms with van der Waals surface area (Å²) in [4.78, 5) is 15.5. The van der Waals surface area contributed by atoms with Gasteiger partial charge in [-0.15, -0.1) is 0 Å². The van der Waals surface area contributed by atoms with Gasteiger partial charge in [-0.05, 0) is 20.3 Å². The van der Waals surface area contributed by atoms with E-state index in [0.29, 0.717) is 12.4 Å². The average Bonchev–Trinajstić information content (AvgIpc) is 2.78. The molecular weight excluding hydrogens is 208 g/mol. The number of nitrogens with zero attached hydrogens (tertiary/aromatic N) is 2. The third kappa shape index (κ3) is 3.98. The fourth-order valence-corrected chi connectivity index (χ4v) is 1.08. The molecule has 0 fully saturated rings. The summed E-state index contributed by atoms with van der Waals surface area (Å²) in [5, 5.41) is 9.56. The van der Waals surface area contributed by atoms with E-state index in [1.807, 2.05) is 13.8 Å². The molecule has 0 saturated heterocycles. The lowest BCUT2D eigenvalue weighted by Crippen LogP contribution is -2.45. The largest absolute Gasteiger partial charge is 0.352 e. The molecular formula is C10H18N4O2. The Morgan fingerprint density at radius 3 is 2.88 bits per heavy atom. The quantitative estimate of drug-likeness (QED) is 0.736. The number of nitrogens with one attached hydrogen (secondary N) is 2. The molecule has 2 unspecified atom stereocenters. The van der Waals surface area contributed by atoms with Crippen LogP contribution in [0.5, 0.6) is 0 Å². The van der Waals surface area contributed by atoms with Gasteiger partial charge in [0.2, 0.25) is 12.3 Å². The van der Waals surface area contributed by atoms with Crippen LogP contribution in [0.1, 0.15) is 33.0 Å². The Kier molecular flexibility index (Phi) is 4.91. The molecule has 0 aromatic carbocycles. The van der Waals surface area contributed by atoms with Crippen molar-refractivity contribution >= 4 is 5.91 Å². The van der Waals surface area contributed by atoms with Crippen LogP contribution in [-0.2, 0) is 11.3 Å². The maximum Gasteiger partial charge on any atom is 0.237 e. The van der Waals surface area contributed by atoms with Crippen molar-refractivity contribution in [1.82, 2.24) is 20.8 Å². The van der Waals surface area contributed by atoms with Crippen molar-refractivity contribution in [2.75, 3.05) is 0 Å². The van der Waals surface area contributed by atoms with Crippen LogP contribution < -0.4 is 10.6 Å². The SMILES string of the molecule is CCC(C)NC(=O)C(C)NCc1ncon1. The number of rotatable bonds is 6. The van der Waals surface area contributed by atoms with Crippen LogP contribution in [-0.4, -0.2) is 28.1 Å². The fourth-order valence-electron chi connectivity index (χ4n) is 1.08. The Morgan fingerprint density at radius 1 is 1.56 bits per heavy atom. The third-order valence-electron chi connectivity index (χ3n) is 2.37. The molecule has 1 rings (SSSR count). The van der Waals surface area contributed by atoms with Gasteiger partial charge >= 0.3 is 0 Å². The van der Waals surface area contributed by atoms with E-state index < -0.39 is 0 Å². The highest BCUT2D eigenvalue weighted by atomic mass is 16.5. The molecule has 0 spiro atoms. The fraction of sp³-hybridized carbons (Fsp3) is 0.700. The molecule has 1 amide bonds. The maximum absolute atomic E-state index is 11.6. The smallest absolute Gasteiger partial charge is 0.237 e. The van der Waals surface area contributed by atoms with Crippen LogP contribution in [0.2, 0.25) is 0 Å². The molecule has 2 atom stereocenters. The Labute approximate surface area is 94.8 Å². The van der Waals surface area contributed by atoms with Gasteiger partial charge in [-0.1, -0.05) is 12.1 Å². The first kappa shape index (κ1) is 12.6. The highest BCUT2D eigenvalue weighted by Crippen LogP contribution is 1.93. The van der Waals surface area contributed by atoms with Crippen molar-refractivity contribution in [3.63, 3.8) is 0 Å². The lowest BCUT2D eigenvalue weighted by atomic mass is 10.2. The van der Waals surface area contributed by atoms with Crippen LogP contribution in [0, 0.1) is 0 Å². The summed E-state index contributed by atoms with van der Waals surface area (Å²) in [6.07, 6.45) is 2.18. The summed E-state index contributed by atoms with van der Waals surface area (Å²) in [6, 6.07) is -0.0746. The van der Waals surface area contributed by atoms with Crippen molar-refractivity contribution in [3.05, 3.63) is 12.2 Å². The van der Waals surface area contributed by atoms with Crippen molar-refractivity contribution in [2.24, 2.45) is 0 Å². The Hall–Kier alpha value is -1.43. The zero-order valence-corrected chi connectivity index (χ0v) is 9.86. The topological polar surface area (TPSA) is 80.0 Å². The van der Waals surface area contributed by atoms with Gasteiger partial charge in [0.25, 0.3) is 0 Å². The molecule has 16 heavy (non-hydrogen) atoms. The standard InChI is InChI=1S/C10H18N4O2/c1-4-7(2)13-10(15)8(3)11-5-9-12-6-16-14-9/h6-8,11H,4-5H2,1-3H3,(H,13,15). The molecule has 1 heterocycles. The van der Waals surface area contributed by atoms with E-state index in [4.69, 9.17) is 0 Å². The molecule has 0 radical (unpaired) electrons. The summed E-state index contributed by atoms with van der Waals surface area (Å²) in [5.74, 6) is 0.529. The van der Waals surface area contributed by atoms with Gasteiger partial charge < -0.3 is 9.84 Å². The second-order valence-corrected chi connectivity index (χ2v) is 3.77. The van der Waals surface area contributed by atoms with Gasteiger partial charge in [-0.3, -0.25) is 10.1 Å². The van der Waals surface area contributed by atoms with Crippen molar-refractivity contribution in [1.29, 1.82) is 0 Å². The van der Waals surface area contributed by atoms with Crippen LogP contribution in [0.3, 0.4) is 0 Å². The lowest BCUT2D eigenvalue weighted by molar-refractivity contribution is -0.123. The Morgan fingerprint density at radius 2 is 2.31 bits per heavy atom. The molecule has 6 nitrogen and oxygen atoms in total.